The molecule has 10 heteroatoms. The minimum atomic E-state index is -2.86. The summed E-state index contributed by atoms with van der Waals surface area (Å²) in [5.74, 6) is 0. The third-order valence-corrected chi connectivity index (χ3v) is 26.5. The van der Waals surface area contributed by atoms with Crippen molar-refractivity contribution in [1.29, 1.82) is 0 Å². The maximum Gasteiger partial charge on any atom is 0.301 e. The molecule has 1 aliphatic rings. The second-order valence-electron chi connectivity index (χ2n) is 6.55. The predicted molar refractivity (Wildman–Crippen MR) is 147 cm³/mol. The van der Waals surface area contributed by atoms with E-state index in [9.17, 15) is 0 Å². The zero-order valence-electron chi connectivity index (χ0n) is 18.0. The lowest BCUT2D eigenvalue weighted by atomic mass is 11.1. The SMILES string of the molecule is C=CN1[SiH2]N[SiH2]N(C=C)[Si](C=C)(C=C)N(C=C)[Si](C=C)(C=C)N(C=C)[Si]1(C=C)C=C. The molecule has 0 unspecified atom stereocenters. The van der Waals surface area contributed by atoms with E-state index in [1.54, 1.807) is 0 Å². The van der Waals surface area contributed by atoms with Crippen molar-refractivity contribution in [3.63, 3.8) is 0 Å². The molecule has 0 aromatic heterocycles. The summed E-state index contributed by atoms with van der Waals surface area (Å²) in [6.45, 7) is 41.9. The minimum absolute atomic E-state index is 0.901. The average Bonchev–Trinajstić information content (AvgIpc) is 2.79. The Labute approximate surface area is 190 Å². The number of nitrogens with zero attached hydrogens (tertiary/aromatic N) is 4. The smallest absolute Gasteiger partial charge is 0.301 e. The van der Waals surface area contributed by atoms with Crippen LogP contribution in [0.25, 0.3) is 0 Å². The molecule has 1 heterocycles. The second kappa shape index (κ2) is 10.6. The molecule has 1 rings (SSSR count). The number of hydrogen-bond donors (Lipinski definition) is 1. The van der Waals surface area contributed by atoms with Crippen LogP contribution in [0.1, 0.15) is 0 Å². The molecule has 1 aliphatic heterocycles. The van der Waals surface area contributed by atoms with Crippen molar-refractivity contribution in [3.8, 4) is 0 Å². The van der Waals surface area contributed by atoms with E-state index in [0.717, 1.165) is 0 Å². The minimum Gasteiger partial charge on any atom is -0.402 e. The summed E-state index contributed by atoms with van der Waals surface area (Å²) < 4.78 is 13.0. The van der Waals surface area contributed by atoms with E-state index in [0.29, 0.717) is 0 Å². The zero-order chi connectivity index (χ0) is 23.0. The van der Waals surface area contributed by atoms with Gasteiger partial charge in [0.2, 0.25) is 0 Å². The molecule has 160 valence electrons. The first kappa shape index (κ1) is 25.7. The predicted octanol–water partition coefficient (Wildman–Crippen LogP) is 2.05. The normalized spacial score (nSPS) is 21.7. The Morgan fingerprint density at radius 3 is 0.967 bits per heavy atom. The molecule has 0 radical (unpaired) electrons. The highest BCUT2D eigenvalue weighted by molar-refractivity contribution is 7.07. The Hall–Kier alpha value is -2.36. The van der Waals surface area contributed by atoms with Crippen molar-refractivity contribution >= 4 is 44.9 Å². The van der Waals surface area contributed by atoms with Gasteiger partial charge in [-0.05, 0) is 24.8 Å². The van der Waals surface area contributed by atoms with Crippen LogP contribution in [0.15, 0.2) is 125 Å². The van der Waals surface area contributed by atoms with E-state index in [1.807, 2.05) is 59.0 Å². The molecule has 0 saturated carbocycles. The van der Waals surface area contributed by atoms with Crippen molar-refractivity contribution in [3.05, 3.63) is 125 Å². The maximum absolute atomic E-state index is 4.26. The van der Waals surface area contributed by atoms with Gasteiger partial charge in [-0.25, -0.2) is 0 Å². The van der Waals surface area contributed by atoms with Gasteiger partial charge in [0.15, 0.2) is 19.7 Å². The van der Waals surface area contributed by atoms with E-state index < -0.39 is 44.9 Å². The summed E-state index contributed by atoms with van der Waals surface area (Å²) in [5.41, 5.74) is 12.0. The van der Waals surface area contributed by atoms with E-state index in [4.69, 9.17) is 0 Å². The lowest BCUT2D eigenvalue weighted by molar-refractivity contribution is 0.636. The largest absolute Gasteiger partial charge is 0.402 e. The molecule has 0 aromatic rings. The van der Waals surface area contributed by atoms with Crippen molar-refractivity contribution < 1.29 is 0 Å². The summed E-state index contributed by atoms with van der Waals surface area (Å²) in [6, 6.07) is 0. The molecule has 1 saturated heterocycles. The van der Waals surface area contributed by atoms with Crippen molar-refractivity contribution in [1.82, 2.24) is 21.6 Å². The van der Waals surface area contributed by atoms with Gasteiger partial charge in [-0.3, -0.25) is 0 Å². The van der Waals surface area contributed by atoms with Crippen LogP contribution in [-0.2, 0) is 0 Å². The first-order valence-electron chi connectivity index (χ1n) is 9.53. The Bertz CT molecular complexity index is 687. The fraction of sp³-hybridized carbons (Fsp3) is 0. The first-order chi connectivity index (χ1) is 14.4. The van der Waals surface area contributed by atoms with Gasteiger partial charge in [-0.15, -0.1) is 39.5 Å². The van der Waals surface area contributed by atoms with E-state index >= 15 is 0 Å². The molecule has 5 nitrogen and oxygen atoms in total. The monoisotopic (exact) mass is 485 g/mol. The Kier molecular flexibility index (Phi) is 9.08. The summed E-state index contributed by atoms with van der Waals surface area (Å²) in [4.78, 5) is 0. The van der Waals surface area contributed by atoms with Crippen LogP contribution >= 0.6 is 0 Å². The highest BCUT2D eigenvalue weighted by Crippen LogP contribution is 2.34. The molecular weight excluding hydrogens is 451 g/mol. The van der Waals surface area contributed by atoms with Gasteiger partial charge >= 0.3 is 8.40 Å². The molecule has 0 amide bonds. The number of nitrogens with one attached hydrogen (secondary N) is 1. The molecule has 0 spiro atoms. The average molecular weight is 486 g/mol. The van der Waals surface area contributed by atoms with Crippen LogP contribution in [0.3, 0.4) is 0 Å². The fourth-order valence-electron chi connectivity index (χ4n) is 4.02. The molecule has 0 aromatic carbocycles. The van der Waals surface area contributed by atoms with Crippen LogP contribution in [-0.4, -0.2) is 61.8 Å². The van der Waals surface area contributed by atoms with Gasteiger partial charge in [-0.1, -0.05) is 60.5 Å². The molecular formula is C20H35N5Si5. The van der Waals surface area contributed by atoms with Gasteiger partial charge in [0.1, 0.15) is 0 Å². The van der Waals surface area contributed by atoms with Crippen LogP contribution in [0.4, 0.5) is 0 Å². The summed E-state index contributed by atoms with van der Waals surface area (Å²) in [6.07, 6.45) is 7.54. The van der Waals surface area contributed by atoms with E-state index in [1.165, 1.54) is 0 Å². The van der Waals surface area contributed by atoms with Gasteiger partial charge in [0, 0.05) is 0 Å². The van der Waals surface area contributed by atoms with Crippen LogP contribution in [0.2, 0.25) is 0 Å². The lowest BCUT2D eigenvalue weighted by Crippen LogP contribution is -2.81. The van der Waals surface area contributed by atoms with Gasteiger partial charge in [0.25, 0.3) is 16.8 Å². The number of hydrogen-bond acceptors (Lipinski definition) is 5. The Morgan fingerprint density at radius 1 is 0.467 bits per heavy atom. The van der Waals surface area contributed by atoms with Gasteiger partial charge in [0.05, 0.1) is 0 Å². The van der Waals surface area contributed by atoms with Crippen molar-refractivity contribution in [2.45, 2.75) is 0 Å². The lowest BCUT2D eigenvalue weighted by Gasteiger charge is -2.59. The first-order valence-corrected chi connectivity index (χ1v) is 18.4. The maximum atomic E-state index is 4.26. The number of rotatable bonds is 10. The van der Waals surface area contributed by atoms with Crippen molar-refractivity contribution in [2.75, 3.05) is 0 Å². The third-order valence-electron chi connectivity index (χ3n) is 5.64. The van der Waals surface area contributed by atoms with E-state index in [-0.39, 0.29) is 0 Å². The fourth-order valence-corrected chi connectivity index (χ4v) is 28.0. The molecule has 30 heavy (non-hydrogen) atoms. The molecule has 0 aliphatic carbocycles. The highest BCUT2D eigenvalue weighted by atomic mass is 28.5. The van der Waals surface area contributed by atoms with Crippen LogP contribution < -0.4 is 4.65 Å². The molecule has 0 atom stereocenters. The van der Waals surface area contributed by atoms with E-state index in [2.05, 4.69) is 87.4 Å². The van der Waals surface area contributed by atoms with Crippen molar-refractivity contribution in [2.24, 2.45) is 0 Å². The summed E-state index contributed by atoms with van der Waals surface area (Å²) >= 11 is 0. The molecule has 1 fully saturated rings. The third kappa shape index (κ3) is 3.61. The quantitative estimate of drug-likeness (QED) is 0.478. The Balaban J connectivity index is 4.17. The summed E-state index contributed by atoms with van der Waals surface area (Å²) in [7, 11) is -9.99. The Morgan fingerprint density at radius 2 is 0.767 bits per heavy atom. The topological polar surface area (TPSA) is 25.0 Å². The van der Waals surface area contributed by atoms with Crippen LogP contribution in [0, 0.1) is 0 Å². The standard InChI is InChI=1S/C20H35N5Si5/c1-11-22-26-21-27-23(12-2)29(17-7,18-8)25(14-4)30(19-9,20-10)24(13-3)28(22,15-5)16-6/h11-21H,1-10,26-27H2. The highest BCUT2D eigenvalue weighted by Gasteiger charge is 2.56. The molecule has 0 bridgehead atoms. The van der Waals surface area contributed by atoms with Gasteiger partial charge in [-0.2, -0.15) is 0 Å². The summed E-state index contributed by atoms with van der Waals surface area (Å²) in [5, 5.41) is 0. The molecule has 1 N–H and O–H groups in total. The van der Waals surface area contributed by atoms with Crippen LogP contribution in [0.5, 0.6) is 0 Å². The van der Waals surface area contributed by atoms with Gasteiger partial charge < -0.3 is 21.6 Å². The zero-order valence-corrected chi connectivity index (χ0v) is 23.9. The second-order valence-corrected chi connectivity index (χ2v) is 22.9.